The fraction of sp³-hybridized carbons (Fsp3) is 0.263. The van der Waals surface area contributed by atoms with Gasteiger partial charge in [-0.1, -0.05) is 48.5 Å². The van der Waals surface area contributed by atoms with Gasteiger partial charge in [0.2, 0.25) is 0 Å². The molecule has 0 saturated carbocycles. The SMILES string of the molecule is CCN(C(=O)C(C)(Cc1ccccc1)NC(=O)O)c1ccccc1. The number of rotatable bonds is 6. The van der Waals surface area contributed by atoms with Gasteiger partial charge in [0.05, 0.1) is 0 Å². The van der Waals surface area contributed by atoms with Crippen molar-refractivity contribution in [2.24, 2.45) is 0 Å². The number of nitrogens with one attached hydrogen (secondary N) is 1. The lowest BCUT2D eigenvalue weighted by atomic mass is 9.91. The predicted octanol–water partition coefficient (Wildman–Crippen LogP) is 3.31. The lowest BCUT2D eigenvalue weighted by Gasteiger charge is -2.34. The third-order valence-electron chi connectivity index (χ3n) is 3.88. The maximum absolute atomic E-state index is 13.1. The molecule has 5 heteroatoms. The molecule has 5 nitrogen and oxygen atoms in total. The van der Waals surface area contributed by atoms with Crippen LogP contribution < -0.4 is 10.2 Å². The van der Waals surface area contributed by atoms with Gasteiger partial charge < -0.3 is 15.3 Å². The van der Waals surface area contributed by atoms with E-state index in [1.54, 1.807) is 11.8 Å². The van der Waals surface area contributed by atoms with Gasteiger partial charge in [0.1, 0.15) is 5.54 Å². The molecule has 0 aliphatic carbocycles. The second-order valence-electron chi connectivity index (χ2n) is 5.81. The van der Waals surface area contributed by atoms with Crippen LogP contribution in [-0.2, 0) is 11.2 Å². The van der Waals surface area contributed by atoms with Crippen LogP contribution in [0.5, 0.6) is 0 Å². The Morgan fingerprint density at radius 2 is 1.58 bits per heavy atom. The van der Waals surface area contributed by atoms with E-state index >= 15 is 0 Å². The number of amides is 2. The number of benzene rings is 2. The number of para-hydroxylation sites is 1. The van der Waals surface area contributed by atoms with Gasteiger partial charge in [0.25, 0.3) is 5.91 Å². The van der Waals surface area contributed by atoms with Crippen LogP contribution in [0.15, 0.2) is 60.7 Å². The first kappa shape index (κ1) is 17.5. The molecule has 2 aromatic carbocycles. The van der Waals surface area contributed by atoms with Crippen LogP contribution in [0, 0.1) is 0 Å². The number of nitrogens with zero attached hydrogens (tertiary/aromatic N) is 1. The Kier molecular flexibility index (Phi) is 5.58. The van der Waals surface area contributed by atoms with Crippen LogP contribution in [0.25, 0.3) is 0 Å². The summed E-state index contributed by atoms with van der Waals surface area (Å²) in [5.41, 5.74) is 0.390. The topological polar surface area (TPSA) is 69.6 Å². The summed E-state index contributed by atoms with van der Waals surface area (Å²) in [7, 11) is 0. The van der Waals surface area contributed by atoms with Gasteiger partial charge in [-0.3, -0.25) is 4.79 Å². The van der Waals surface area contributed by atoms with Gasteiger partial charge in [-0.05, 0) is 31.5 Å². The molecule has 0 aromatic heterocycles. The second kappa shape index (κ2) is 7.64. The van der Waals surface area contributed by atoms with Gasteiger partial charge in [-0.15, -0.1) is 0 Å². The van der Waals surface area contributed by atoms with Crippen molar-refractivity contribution in [2.75, 3.05) is 11.4 Å². The maximum atomic E-state index is 13.1. The summed E-state index contributed by atoms with van der Waals surface area (Å²) < 4.78 is 0. The molecule has 0 heterocycles. The summed E-state index contributed by atoms with van der Waals surface area (Å²) in [5, 5.41) is 11.6. The summed E-state index contributed by atoms with van der Waals surface area (Å²) in [4.78, 5) is 26.0. The molecule has 0 bridgehead atoms. The zero-order valence-corrected chi connectivity index (χ0v) is 13.9. The Labute approximate surface area is 141 Å². The highest BCUT2D eigenvalue weighted by atomic mass is 16.4. The van der Waals surface area contributed by atoms with Crippen LogP contribution in [0.4, 0.5) is 10.5 Å². The smallest absolute Gasteiger partial charge is 0.405 e. The van der Waals surface area contributed by atoms with Crippen molar-refractivity contribution in [3.05, 3.63) is 66.2 Å². The molecule has 0 aliphatic rings. The zero-order valence-electron chi connectivity index (χ0n) is 13.9. The van der Waals surface area contributed by atoms with E-state index in [0.29, 0.717) is 6.54 Å². The van der Waals surface area contributed by atoms with E-state index < -0.39 is 11.6 Å². The molecule has 0 aliphatic heterocycles. The van der Waals surface area contributed by atoms with Crippen molar-refractivity contribution >= 4 is 17.7 Å². The van der Waals surface area contributed by atoms with Gasteiger partial charge >= 0.3 is 6.09 Å². The number of carbonyl (C=O) groups is 2. The first-order valence-electron chi connectivity index (χ1n) is 7.88. The lowest BCUT2D eigenvalue weighted by molar-refractivity contribution is -0.124. The van der Waals surface area contributed by atoms with E-state index in [1.165, 1.54) is 0 Å². The Bertz CT molecular complexity index is 688. The van der Waals surface area contributed by atoms with Crippen molar-refractivity contribution in [2.45, 2.75) is 25.8 Å². The van der Waals surface area contributed by atoms with Crippen LogP contribution in [0.2, 0.25) is 0 Å². The molecule has 0 spiro atoms. The monoisotopic (exact) mass is 326 g/mol. The van der Waals surface area contributed by atoms with E-state index in [-0.39, 0.29) is 12.3 Å². The zero-order chi connectivity index (χ0) is 17.6. The lowest BCUT2D eigenvalue weighted by Crippen LogP contribution is -2.59. The Balaban J connectivity index is 2.34. The number of anilines is 1. The Morgan fingerprint density at radius 3 is 2.08 bits per heavy atom. The minimum Gasteiger partial charge on any atom is -0.465 e. The van der Waals surface area contributed by atoms with Crippen LogP contribution in [0.1, 0.15) is 19.4 Å². The molecule has 0 fully saturated rings. The third kappa shape index (κ3) is 4.13. The van der Waals surface area contributed by atoms with Gasteiger partial charge in [0.15, 0.2) is 0 Å². The second-order valence-corrected chi connectivity index (χ2v) is 5.81. The maximum Gasteiger partial charge on any atom is 0.405 e. The third-order valence-corrected chi connectivity index (χ3v) is 3.88. The largest absolute Gasteiger partial charge is 0.465 e. The molecule has 2 aromatic rings. The predicted molar refractivity (Wildman–Crippen MR) is 94.2 cm³/mol. The fourth-order valence-electron chi connectivity index (χ4n) is 2.76. The van der Waals surface area contributed by atoms with Crippen molar-refractivity contribution in [3.8, 4) is 0 Å². The highest BCUT2D eigenvalue weighted by molar-refractivity contribution is 6.01. The highest BCUT2D eigenvalue weighted by Gasteiger charge is 2.38. The van der Waals surface area contributed by atoms with E-state index in [0.717, 1.165) is 11.3 Å². The molecule has 0 saturated heterocycles. The summed E-state index contributed by atoms with van der Waals surface area (Å²) in [5.74, 6) is -0.276. The average molecular weight is 326 g/mol. The molecule has 1 atom stereocenters. The molecule has 2 amide bonds. The van der Waals surface area contributed by atoms with Gasteiger partial charge in [-0.25, -0.2) is 4.79 Å². The van der Waals surface area contributed by atoms with E-state index in [9.17, 15) is 14.7 Å². The normalized spacial score (nSPS) is 12.9. The standard InChI is InChI=1S/C19H22N2O3/c1-3-21(16-12-8-5-9-13-16)17(22)19(2,20-18(23)24)14-15-10-6-4-7-11-15/h4-13,20H,3,14H2,1-2H3,(H,23,24). The number of carbonyl (C=O) groups excluding carboxylic acids is 1. The number of hydrogen-bond acceptors (Lipinski definition) is 2. The first-order chi connectivity index (χ1) is 11.5. The summed E-state index contributed by atoms with van der Waals surface area (Å²) in [6, 6.07) is 18.6. The minimum atomic E-state index is -1.25. The molecular formula is C19H22N2O3. The molecule has 1 unspecified atom stereocenters. The number of carboxylic acid groups (broad SMARTS) is 1. The highest BCUT2D eigenvalue weighted by Crippen LogP contribution is 2.21. The first-order valence-corrected chi connectivity index (χ1v) is 7.88. The number of hydrogen-bond donors (Lipinski definition) is 2. The summed E-state index contributed by atoms with van der Waals surface area (Å²) >= 11 is 0. The quantitative estimate of drug-likeness (QED) is 0.855. The fourth-order valence-corrected chi connectivity index (χ4v) is 2.76. The van der Waals surface area contributed by atoms with Gasteiger partial charge in [-0.2, -0.15) is 0 Å². The van der Waals surface area contributed by atoms with Crippen LogP contribution in [0.3, 0.4) is 0 Å². The van der Waals surface area contributed by atoms with E-state index in [1.807, 2.05) is 67.6 Å². The molecule has 2 rings (SSSR count). The molecule has 24 heavy (non-hydrogen) atoms. The van der Waals surface area contributed by atoms with Crippen molar-refractivity contribution in [3.63, 3.8) is 0 Å². The van der Waals surface area contributed by atoms with Crippen molar-refractivity contribution in [1.29, 1.82) is 0 Å². The molecule has 0 radical (unpaired) electrons. The van der Waals surface area contributed by atoms with Crippen molar-refractivity contribution < 1.29 is 14.7 Å². The minimum absolute atomic E-state index is 0.276. The number of likely N-dealkylation sites (N-methyl/N-ethyl adjacent to an activating group) is 1. The van der Waals surface area contributed by atoms with E-state index in [4.69, 9.17) is 0 Å². The summed E-state index contributed by atoms with van der Waals surface area (Å²) in [6.07, 6.45) is -0.937. The Hall–Kier alpha value is -2.82. The molecule has 126 valence electrons. The van der Waals surface area contributed by atoms with Crippen molar-refractivity contribution in [1.82, 2.24) is 5.32 Å². The molecular weight excluding hydrogens is 304 g/mol. The Morgan fingerprint density at radius 1 is 1.04 bits per heavy atom. The van der Waals surface area contributed by atoms with Gasteiger partial charge in [0, 0.05) is 18.7 Å². The average Bonchev–Trinajstić information content (AvgIpc) is 2.56. The summed E-state index contributed by atoms with van der Waals surface area (Å²) in [6.45, 7) is 3.95. The van der Waals surface area contributed by atoms with Crippen LogP contribution in [-0.4, -0.2) is 29.2 Å². The van der Waals surface area contributed by atoms with E-state index in [2.05, 4.69) is 5.32 Å². The van der Waals surface area contributed by atoms with Crippen LogP contribution >= 0.6 is 0 Å². The molecule has 2 N–H and O–H groups in total.